The Balaban J connectivity index is 1.08. The zero-order valence-corrected chi connectivity index (χ0v) is 37.6. The van der Waals surface area contributed by atoms with E-state index >= 15 is 0 Å². The number of hydrogen-bond donors (Lipinski definition) is 0. The SMILES string of the molecule is C1=CC(c2cc(-c3ccccc3)nc(-c3cc(-c4ccccc4)c(-n4c5ccccc5c5c6oc7c(ccc8c9ccccc9n(-c9ccccc9)c87)c6ccc54)c(-c4ccccc4)c3)n2)=CCC1. The second-order valence-corrected chi connectivity index (χ2v) is 17.9. The van der Waals surface area contributed by atoms with Gasteiger partial charge in [-0.05, 0) is 90.2 Å². The maximum Gasteiger partial charge on any atom is 0.160 e. The first-order valence-corrected chi connectivity index (χ1v) is 23.7. The first-order chi connectivity index (χ1) is 34.2. The Hall–Kier alpha value is -9.06. The van der Waals surface area contributed by atoms with Gasteiger partial charge in [-0.3, -0.25) is 0 Å². The predicted molar refractivity (Wildman–Crippen MR) is 286 cm³/mol. The summed E-state index contributed by atoms with van der Waals surface area (Å²) in [4.78, 5) is 10.7. The summed E-state index contributed by atoms with van der Waals surface area (Å²) in [5.41, 5.74) is 17.5. The maximum absolute atomic E-state index is 7.38. The minimum absolute atomic E-state index is 0.678. The van der Waals surface area contributed by atoms with Crippen molar-refractivity contribution in [1.82, 2.24) is 19.1 Å². The summed E-state index contributed by atoms with van der Waals surface area (Å²) in [6.07, 6.45) is 8.75. The number of allylic oxidation sites excluding steroid dienone is 4. The first kappa shape index (κ1) is 39.1. The van der Waals surface area contributed by atoms with Crippen molar-refractivity contribution >= 4 is 71.1 Å². The number of aromatic nitrogens is 4. The lowest BCUT2D eigenvalue weighted by molar-refractivity contribution is 0.675. The molecule has 13 aromatic rings. The molecule has 0 radical (unpaired) electrons. The van der Waals surface area contributed by atoms with Crippen molar-refractivity contribution in [3.8, 4) is 56.3 Å². The number of furan rings is 1. The molecule has 0 spiro atoms. The van der Waals surface area contributed by atoms with Gasteiger partial charge in [0.25, 0.3) is 0 Å². The summed E-state index contributed by atoms with van der Waals surface area (Å²) in [5.74, 6) is 0.678. The summed E-state index contributed by atoms with van der Waals surface area (Å²) in [6.45, 7) is 0. The van der Waals surface area contributed by atoms with Gasteiger partial charge in [-0.25, -0.2) is 9.97 Å². The van der Waals surface area contributed by atoms with E-state index in [2.05, 4.69) is 234 Å². The number of para-hydroxylation sites is 3. The number of benzene rings is 9. The van der Waals surface area contributed by atoms with Gasteiger partial charge < -0.3 is 13.6 Å². The van der Waals surface area contributed by atoms with Crippen LogP contribution < -0.4 is 0 Å². The van der Waals surface area contributed by atoms with Crippen LogP contribution in [0.25, 0.3) is 127 Å². The van der Waals surface area contributed by atoms with Crippen molar-refractivity contribution in [3.05, 3.63) is 236 Å². The zero-order chi connectivity index (χ0) is 45.4. The molecule has 0 saturated heterocycles. The molecule has 0 aliphatic heterocycles. The van der Waals surface area contributed by atoms with Gasteiger partial charge in [0.15, 0.2) is 11.4 Å². The standard InChI is InChI=1S/C64H42N4O/c1-6-20-41(21-7-1)52-38-45(64-65-54(43-24-10-3-11-25-43)40-55(66-64)44-26-12-4-13-27-44)39-53(42-22-8-2-9-23-42)60(52)68-57-33-19-17-31-51(57)59-58(68)37-36-49-50-35-34-48-47-30-16-18-32-56(47)67(46-28-14-5-15-29-46)61(48)63(50)69-62(49)59/h1-3,5-12,14-40H,4,13H2. The fraction of sp³-hybridized carbons (Fsp3) is 0.0312. The highest BCUT2D eigenvalue weighted by Crippen LogP contribution is 2.48. The van der Waals surface area contributed by atoms with E-state index in [9.17, 15) is 0 Å². The molecule has 324 valence electrons. The van der Waals surface area contributed by atoms with Crippen LogP contribution in [0.2, 0.25) is 0 Å². The maximum atomic E-state index is 7.38. The molecule has 9 aromatic carbocycles. The average Bonchev–Trinajstić information content (AvgIpc) is 4.09. The number of fused-ring (bicyclic) bond motifs is 11. The summed E-state index contributed by atoms with van der Waals surface area (Å²) in [7, 11) is 0. The van der Waals surface area contributed by atoms with Gasteiger partial charge in [-0.1, -0.05) is 170 Å². The minimum Gasteiger partial charge on any atom is -0.453 e. The Morgan fingerprint density at radius 3 is 1.65 bits per heavy atom. The fourth-order valence-corrected chi connectivity index (χ4v) is 10.8. The molecule has 0 amide bonds. The lowest BCUT2D eigenvalue weighted by atomic mass is 9.92. The first-order valence-electron chi connectivity index (χ1n) is 23.7. The fourth-order valence-electron chi connectivity index (χ4n) is 10.8. The highest BCUT2D eigenvalue weighted by Gasteiger charge is 2.26. The average molecular weight is 883 g/mol. The topological polar surface area (TPSA) is 48.8 Å². The molecule has 1 aliphatic carbocycles. The van der Waals surface area contributed by atoms with Gasteiger partial charge in [0, 0.05) is 54.9 Å². The summed E-state index contributed by atoms with van der Waals surface area (Å²) in [5, 5.41) is 6.74. The van der Waals surface area contributed by atoms with Crippen molar-refractivity contribution in [2.75, 3.05) is 0 Å². The Morgan fingerprint density at radius 2 is 0.971 bits per heavy atom. The van der Waals surface area contributed by atoms with E-state index in [1.54, 1.807) is 0 Å². The smallest absolute Gasteiger partial charge is 0.160 e. The molecule has 4 aromatic heterocycles. The van der Waals surface area contributed by atoms with Gasteiger partial charge in [0.1, 0.15) is 5.58 Å². The summed E-state index contributed by atoms with van der Waals surface area (Å²) < 4.78 is 12.2. The lowest BCUT2D eigenvalue weighted by Gasteiger charge is -2.21. The third-order valence-corrected chi connectivity index (χ3v) is 13.9. The lowest BCUT2D eigenvalue weighted by Crippen LogP contribution is -2.03. The van der Waals surface area contributed by atoms with E-state index in [4.69, 9.17) is 14.4 Å². The van der Waals surface area contributed by atoms with Gasteiger partial charge in [-0.15, -0.1) is 0 Å². The molecular weight excluding hydrogens is 841 g/mol. The third kappa shape index (κ3) is 6.24. The predicted octanol–water partition coefficient (Wildman–Crippen LogP) is 17.0. The second kappa shape index (κ2) is 15.8. The van der Waals surface area contributed by atoms with Crippen molar-refractivity contribution in [1.29, 1.82) is 0 Å². The van der Waals surface area contributed by atoms with Gasteiger partial charge in [-0.2, -0.15) is 0 Å². The molecule has 0 bridgehead atoms. The highest BCUT2D eigenvalue weighted by atomic mass is 16.3. The van der Waals surface area contributed by atoms with Crippen LogP contribution >= 0.6 is 0 Å². The zero-order valence-electron chi connectivity index (χ0n) is 37.6. The van der Waals surface area contributed by atoms with Crippen molar-refractivity contribution < 1.29 is 4.42 Å². The summed E-state index contributed by atoms with van der Waals surface area (Å²) >= 11 is 0. The van der Waals surface area contributed by atoms with Gasteiger partial charge in [0.2, 0.25) is 0 Å². The second-order valence-electron chi connectivity index (χ2n) is 17.9. The van der Waals surface area contributed by atoms with E-state index < -0.39 is 0 Å². The monoisotopic (exact) mass is 882 g/mol. The molecule has 0 N–H and O–H groups in total. The van der Waals surface area contributed by atoms with Crippen molar-refractivity contribution in [2.24, 2.45) is 0 Å². The minimum atomic E-state index is 0.678. The molecule has 69 heavy (non-hydrogen) atoms. The highest BCUT2D eigenvalue weighted by molar-refractivity contribution is 6.28. The Kier molecular flexibility index (Phi) is 8.96. The van der Waals surface area contributed by atoms with Crippen molar-refractivity contribution in [2.45, 2.75) is 12.8 Å². The third-order valence-electron chi connectivity index (χ3n) is 13.9. The van der Waals surface area contributed by atoms with Gasteiger partial charge in [0.05, 0.1) is 44.5 Å². The molecule has 4 heterocycles. The normalized spacial score (nSPS) is 12.8. The van der Waals surface area contributed by atoms with E-state index in [1.165, 1.54) is 5.39 Å². The molecule has 0 atom stereocenters. The van der Waals surface area contributed by atoms with Gasteiger partial charge >= 0.3 is 0 Å². The van der Waals surface area contributed by atoms with E-state index in [1.807, 2.05) is 6.07 Å². The molecule has 5 heteroatoms. The van der Waals surface area contributed by atoms with Crippen LogP contribution in [-0.4, -0.2) is 19.1 Å². The quantitative estimate of drug-likeness (QED) is 0.160. The molecule has 0 unspecified atom stereocenters. The Bertz CT molecular complexity index is 4160. The Labute approximate surface area is 398 Å². The number of nitrogens with zero attached hydrogens (tertiary/aromatic N) is 4. The number of rotatable bonds is 7. The van der Waals surface area contributed by atoms with Crippen LogP contribution in [0.4, 0.5) is 0 Å². The van der Waals surface area contributed by atoms with Crippen LogP contribution in [-0.2, 0) is 0 Å². The Morgan fingerprint density at radius 1 is 0.406 bits per heavy atom. The molecule has 5 nitrogen and oxygen atoms in total. The summed E-state index contributed by atoms with van der Waals surface area (Å²) in [6, 6.07) is 75.9. The molecule has 0 saturated carbocycles. The van der Waals surface area contributed by atoms with E-state index in [-0.39, 0.29) is 0 Å². The largest absolute Gasteiger partial charge is 0.453 e. The van der Waals surface area contributed by atoms with Crippen LogP contribution in [0.15, 0.2) is 235 Å². The molecule has 0 fully saturated rings. The van der Waals surface area contributed by atoms with E-state index in [0.717, 1.165) is 135 Å². The molecular formula is C64H42N4O. The van der Waals surface area contributed by atoms with Crippen LogP contribution in [0, 0.1) is 0 Å². The van der Waals surface area contributed by atoms with Crippen molar-refractivity contribution in [3.63, 3.8) is 0 Å². The van der Waals surface area contributed by atoms with Crippen LogP contribution in [0.3, 0.4) is 0 Å². The van der Waals surface area contributed by atoms with E-state index in [0.29, 0.717) is 5.82 Å². The van der Waals surface area contributed by atoms with Crippen LogP contribution in [0.5, 0.6) is 0 Å². The molecule has 1 aliphatic rings. The van der Waals surface area contributed by atoms with Crippen LogP contribution in [0.1, 0.15) is 18.5 Å². The number of hydrogen-bond acceptors (Lipinski definition) is 3. The molecule has 14 rings (SSSR count).